The first-order valence-electron chi connectivity index (χ1n) is 33.7. The van der Waals surface area contributed by atoms with Gasteiger partial charge in [0.1, 0.15) is 13.2 Å². The average molecular weight is 1120 g/mol. The maximum atomic E-state index is 12.8. The van der Waals surface area contributed by atoms with Crippen LogP contribution in [-0.4, -0.2) is 37.2 Å². The molecule has 1 unspecified atom stereocenters. The van der Waals surface area contributed by atoms with Crippen molar-refractivity contribution in [3.63, 3.8) is 0 Å². The van der Waals surface area contributed by atoms with Crippen LogP contribution in [0.15, 0.2) is 134 Å². The number of allylic oxidation sites excluding steroid dienone is 22. The molecule has 0 saturated carbocycles. The second-order valence-corrected chi connectivity index (χ2v) is 22.0. The maximum absolute atomic E-state index is 12.8. The molecule has 0 aliphatic heterocycles. The Bertz CT molecular complexity index is 1720. The van der Waals surface area contributed by atoms with Crippen LogP contribution >= 0.6 is 0 Å². The van der Waals surface area contributed by atoms with Gasteiger partial charge in [-0.2, -0.15) is 0 Å². The molecule has 0 saturated heterocycles. The molecule has 0 bridgehead atoms. The van der Waals surface area contributed by atoms with Crippen molar-refractivity contribution >= 4 is 17.9 Å². The lowest BCUT2D eigenvalue weighted by atomic mass is 10.0. The number of ether oxygens (including phenoxy) is 3. The SMILES string of the molecule is CC/C=C\C/C=C\C/C=C\C/C=C\C/C=C\C/C=C\C/C=C\C/C=C\C/C=C\CCCCCC(=O)OCC(COC(=O)CCCCCCC)OC(=O)CCCCCCCCCCCCCCCCC/C=C\C/C=C\CCCCCCC. The molecule has 0 fully saturated rings. The highest BCUT2D eigenvalue weighted by Gasteiger charge is 2.19. The van der Waals surface area contributed by atoms with Crippen LogP contribution in [0.25, 0.3) is 0 Å². The topological polar surface area (TPSA) is 78.9 Å². The van der Waals surface area contributed by atoms with Crippen LogP contribution in [-0.2, 0) is 28.6 Å². The van der Waals surface area contributed by atoms with E-state index in [-0.39, 0.29) is 31.1 Å². The van der Waals surface area contributed by atoms with E-state index < -0.39 is 6.10 Å². The lowest BCUT2D eigenvalue weighted by Crippen LogP contribution is -2.30. The van der Waals surface area contributed by atoms with Gasteiger partial charge < -0.3 is 14.2 Å². The fourth-order valence-electron chi connectivity index (χ4n) is 9.11. The Morgan fingerprint density at radius 1 is 0.259 bits per heavy atom. The molecule has 0 radical (unpaired) electrons. The Morgan fingerprint density at radius 3 is 0.765 bits per heavy atom. The van der Waals surface area contributed by atoms with Gasteiger partial charge in [-0.3, -0.25) is 14.4 Å². The van der Waals surface area contributed by atoms with Crippen molar-refractivity contribution in [2.75, 3.05) is 13.2 Å². The van der Waals surface area contributed by atoms with Gasteiger partial charge in [0.2, 0.25) is 0 Å². The first kappa shape index (κ1) is 76.5. The summed E-state index contributed by atoms with van der Waals surface area (Å²) in [6.07, 6.45) is 96.6. The molecule has 0 aromatic heterocycles. The largest absolute Gasteiger partial charge is 0.462 e. The molecule has 0 heterocycles. The molecule has 0 spiro atoms. The zero-order valence-electron chi connectivity index (χ0n) is 52.8. The van der Waals surface area contributed by atoms with Crippen LogP contribution in [0.4, 0.5) is 0 Å². The highest BCUT2D eigenvalue weighted by atomic mass is 16.6. The van der Waals surface area contributed by atoms with Crippen molar-refractivity contribution in [2.24, 2.45) is 0 Å². The first-order chi connectivity index (χ1) is 40.0. The molecule has 0 rings (SSSR count). The fourth-order valence-corrected chi connectivity index (χ4v) is 9.11. The van der Waals surface area contributed by atoms with Crippen LogP contribution in [0.2, 0.25) is 0 Å². The Hall–Kier alpha value is -4.45. The van der Waals surface area contributed by atoms with Gasteiger partial charge in [0, 0.05) is 19.3 Å². The summed E-state index contributed by atoms with van der Waals surface area (Å²) < 4.78 is 16.8. The molecule has 0 aromatic rings. The third kappa shape index (κ3) is 66.2. The summed E-state index contributed by atoms with van der Waals surface area (Å²) in [6, 6.07) is 0. The van der Waals surface area contributed by atoms with Crippen LogP contribution < -0.4 is 0 Å². The molecule has 0 N–H and O–H groups in total. The number of rotatable bonds is 60. The van der Waals surface area contributed by atoms with Crippen molar-refractivity contribution < 1.29 is 28.6 Å². The maximum Gasteiger partial charge on any atom is 0.306 e. The molecule has 460 valence electrons. The van der Waals surface area contributed by atoms with E-state index >= 15 is 0 Å². The Balaban J connectivity index is 4.12. The fraction of sp³-hybridized carbons (Fsp3) is 0.667. The van der Waals surface area contributed by atoms with Crippen molar-refractivity contribution in [1.29, 1.82) is 0 Å². The van der Waals surface area contributed by atoms with Gasteiger partial charge in [-0.05, 0) is 122 Å². The molecular formula is C75H124O6. The number of carbonyl (C=O) groups is 3. The summed E-state index contributed by atoms with van der Waals surface area (Å²) >= 11 is 0. The van der Waals surface area contributed by atoms with Crippen LogP contribution in [0.5, 0.6) is 0 Å². The number of unbranched alkanes of at least 4 members (excludes halogenated alkanes) is 27. The van der Waals surface area contributed by atoms with Crippen LogP contribution in [0, 0.1) is 0 Å². The first-order valence-corrected chi connectivity index (χ1v) is 33.7. The van der Waals surface area contributed by atoms with Gasteiger partial charge in [0.25, 0.3) is 0 Å². The minimum absolute atomic E-state index is 0.0912. The highest BCUT2D eigenvalue weighted by molar-refractivity contribution is 5.71. The van der Waals surface area contributed by atoms with E-state index in [0.717, 1.165) is 141 Å². The molecule has 0 aliphatic carbocycles. The van der Waals surface area contributed by atoms with E-state index in [0.29, 0.717) is 19.3 Å². The minimum atomic E-state index is -0.793. The molecule has 6 heteroatoms. The summed E-state index contributed by atoms with van der Waals surface area (Å²) in [5, 5.41) is 0. The quantitative estimate of drug-likeness (QED) is 0.0261. The van der Waals surface area contributed by atoms with Crippen molar-refractivity contribution in [3.05, 3.63) is 134 Å². The summed E-state index contributed by atoms with van der Waals surface area (Å²) in [6.45, 7) is 6.42. The van der Waals surface area contributed by atoms with E-state index in [9.17, 15) is 14.4 Å². The lowest BCUT2D eigenvalue weighted by Gasteiger charge is -2.18. The zero-order chi connectivity index (χ0) is 58.5. The predicted octanol–water partition coefficient (Wildman–Crippen LogP) is 23.3. The molecule has 1 atom stereocenters. The molecule has 81 heavy (non-hydrogen) atoms. The number of carbonyl (C=O) groups excluding carboxylic acids is 3. The Kier molecular flexibility index (Phi) is 64.3. The minimum Gasteiger partial charge on any atom is -0.462 e. The van der Waals surface area contributed by atoms with Gasteiger partial charge in [-0.25, -0.2) is 0 Å². The Labute approximate surface area is 500 Å². The summed E-state index contributed by atoms with van der Waals surface area (Å²) in [4.78, 5) is 38.0. The highest BCUT2D eigenvalue weighted by Crippen LogP contribution is 2.16. The molecule has 6 nitrogen and oxygen atoms in total. The van der Waals surface area contributed by atoms with Gasteiger partial charge in [-0.1, -0.05) is 296 Å². The third-order valence-electron chi connectivity index (χ3n) is 14.1. The van der Waals surface area contributed by atoms with Crippen molar-refractivity contribution in [3.8, 4) is 0 Å². The van der Waals surface area contributed by atoms with Crippen molar-refractivity contribution in [1.82, 2.24) is 0 Å². The van der Waals surface area contributed by atoms with E-state index in [1.165, 1.54) is 122 Å². The molecule has 0 aliphatic rings. The van der Waals surface area contributed by atoms with Crippen LogP contribution in [0.3, 0.4) is 0 Å². The van der Waals surface area contributed by atoms with E-state index in [1.807, 2.05) is 0 Å². The summed E-state index contributed by atoms with van der Waals surface area (Å²) in [7, 11) is 0. The van der Waals surface area contributed by atoms with Gasteiger partial charge >= 0.3 is 17.9 Å². The zero-order valence-corrected chi connectivity index (χ0v) is 52.8. The molecule has 0 amide bonds. The standard InChI is InChI=1S/C75H124O6/c1-4-7-10-13-15-17-19-21-23-25-27-29-31-33-35-36-37-38-40-41-43-45-47-49-51-53-55-57-59-62-65-68-74(77)80-71-72(70-79-73(76)67-64-61-12-9-6-3)81-75(78)69-66-63-60-58-56-54-52-50-48-46-44-42-39-34-32-30-28-26-24-22-20-18-16-14-11-8-5-2/h7,10,15,17,20-23,26-29,33,35,37-38,41,43,47,49,53,55,72H,4-6,8-9,11-14,16,18-19,24-25,30-32,34,36,39-40,42,44-46,48,50-52,54,56-71H2,1-3H3/b10-7-,17-15-,22-20-,23-21-,28-26-,29-27-,35-33-,38-37-,43-41-,49-47-,55-53-. The Morgan fingerprint density at radius 2 is 0.481 bits per heavy atom. The van der Waals surface area contributed by atoms with Gasteiger partial charge in [0.05, 0.1) is 0 Å². The third-order valence-corrected chi connectivity index (χ3v) is 14.1. The van der Waals surface area contributed by atoms with Gasteiger partial charge in [-0.15, -0.1) is 0 Å². The average Bonchev–Trinajstić information content (AvgIpc) is 3.47. The van der Waals surface area contributed by atoms with Crippen LogP contribution in [0.1, 0.15) is 303 Å². The number of hydrogen-bond acceptors (Lipinski definition) is 6. The van der Waals surface area contributed by atoms with E-state index in [4.69, 9.17) is 14.2 Å². The summed E-state index contributed by atoms with van der Waals surface area (Å²) in [5.74, 6) is -0.936. The monoisotopic (exact) mass is 1120 g/mol. The predicted molar refractivity (Wildman–Crippen MR) is 353 cm³/mol. The second kappa shape index (κ2) is 68.1. The van der Waals surface area contributed by atoms with E-state index in [2.05, 4.69) is 154 Å². The van der Waals surface area contributed by atoms with Gasteiger partial charge in [0.15, 0.2) is 6.10 Å². The number of hydrogen-bond donors (Lipinski definition) is 0. The lowest BCUT2D eigenvalue weighted by molar-refractivity contribution is -0.167. The number of esters is 3. The molecule has 0 aromatic carbocycles. The smallest absolute Gasteiger partial charge is 0.306 e. The normalized spacial score (nSPS) is 13.0. The van der Waals surface area contributed by atoms with Crippen molar-refractivity contribution in [2.45, 2.75) is 309 Å². The second-order valence-electron chi connectivity index (χ2n) is 22.0. The van der Waals surface area contributed by atoms with E-state index in [1.54, 1.807) is 0 Å². The summed E-state index contributed by atoms with van der Waals surface area (Å²) in [5.41, 5.74) is 0. The molecular weight excluding hydrogens is 997 g/mol.